The lowest BCUT2D eigenvalue weighted by atomic mass is 12.9. The van der Waals surface area contributed by atoms with Gasteiger partial charge in [-0.05, 0) is 0 Å². The molecule has 0 aliphatic rings. The zero-order chi connectivity index (χ0) is 5.86. The molecule has 0 bridgehead atoms. The molecule has 1 unspecified atom stereocenters. The Kier molecular flexibility index (Phi) is 5.30. The van der Waals surface area contributed by atoms with Gasteiger partial charge in [0.1, 0.15) is 0 Å². The van der Waals surface area contributed by atoms with Crippen molar-refractivity contribution in [3.63, 3.8) is 0 Å². The quantitative estimate of drug-likeness (QED) is 0.292. The Labute approximate surface area is 46.5 Å². The van der Waals surface area contributed by atoms with Crippen LogP contribution in [0.2, 0.25) is 0 Å². The van der Waals surface area contributed by atoms with Gasteiger partial charge in [0, 0.05) is 4.94 Å². The second kappa shape index (κ2) is 4.20. The van der Waals surface area contributed by atoms with E-state index in [0.717, 1.165) is 0 Å². The molecule has 0 aromatic rings. The molecule has 7 nitrogen and oxygen atoms in total. The van der Waals surface area contributed by atoms with Crippen LogP contribution in [0.3, 0.4) is 0 Å². The topological polar surface area (TPSA) is 95.5 Å². The summed E-state index contributed by atoms with van der Waals surface area (Å²) in [5.41, 5.74) is 0. The number of hydrogen-bond acceptors (Lipinski definition) is 5. The van der Waals surface area contributed by atoms with Gasteiger partial charge in [-0.1, -0.05) is 0 Å². The third-order valence-corrected chi connectivity index (χ3v) is 0.133. The molecule has 0 saturated carbocycles. The van der Waals surface area contributed by atoms with Crippen LogP contribution >= 0.6 is 9.90 Å². The van der Waals surface area contributed by atoms with Crippen LogP contribution in [-0.2, 0) is 4.94 Å². The summed E-state index contributed by atoms with van der Waals surface area (Å²) < 4.78 is 0. The van der Waals surface area contributed by atoms with E-state index >= 15 is 0 Å². The molecule has 1 atom stereocenters. The fourth-order valence-electron chi connectivity index (χ4n) is 0.0544. The Morgan fingerprint density at radius 1 is 1.12 bits per heavy atom. The highest BCUT2D eigenvalue weighted by Gasteiger charge is 2.05. The number of hydrogen-bond donors (Lipinski definition) is 0. The molecule has 0 radical (unpaired) electrons. The summed E-state index contributed by atoms with van der Waals surface area (Å²) in [5, 5.41) is 14.9. The van der Waals surface area contributed by atoms with Crippen LogP contribution in [0.1, 0.15) is 0 Å². The maximum absolute atomic E-state index is 8.95. The van der Waals surface area contributed by atoms with Crippen molar-refractivity contribution in [1.82, 2.24) is 0 Å². The van der Waals surface area contributed by atoms with E-state index < -0.39 is 10.2 Å². The van der Waals surface area contributed by atoms with Gasteiger partial charge in [-0.2, -0.15) is 9.90 Å². The summed E-state index contributed by atoms with van der Waals surface area (Å²) >= 11 is 0. The molecule has 0 amide bonds. The van der Waals surface area contributed by atoms with Crippen molar-refractivity contribution in [2.24, 2.45) is 0 Å². The van der Waals surface area contributed by atoms with Gasteiger partial charge < -0.3 is 0 Å². The maximum Gasteiger partial charge on any atom is 0.356 e. The van der Waals surface area contributed by atoms with Gasteiger partial charge in [-0.15, -0.1) is 20.2 Å². The molecule has 0 N–H and O–H groups in total. The highest BCUT2D eigenvalue weighted by atomic mass is 31.0. The third-order valence-electron chi connectivity index (χ3n) is 0.133. The minimum Gasteiger partial charge on any atom is -0.153 e. The van der Waals surface area contributed by atoms with E-state index in [2.05, 4.69) is 4.94 Å². The Balaban J connectivity index is 0. The molecule has 0 rings (SSSR count). The summed E-state index contributed by atoms with van der Waals surface area (Å²) in [4.78, 5) is 20.6. The fraction of sp³-hybridized carbons (Fsp3) is 0. The molecule has 8 heavy (non-hydrogen) atoms. The Bertz CT molecular complexity index is 86.6. The molecule has 0 fully saturated rings. The number of rotatable bonds is 2. The van der Waals surface area contributed by atoms with Crippen LogP contribution in [-0.4, -0.2) is 10.2 Å². The summed E-state index contributed by atoms with van der Waals surface area (Å²) in [6, 6.07) is 0. The van der Waals surface area contributed by atoms with Crippen LogP contribution in [0.5, 0.6) is 0 Å². The Morgan fingerprint density at radius 3 is 1.38 bits per heavy atom. The molecule has 0 saturated heterocycles. The minimum atomic E-state index is -1.50. The highest BCUT2D eigenvalue weighted by molar-refractivity contribution is 6.92. The van der Waals surface area contributed by atoms with Crippen LogP contribution in [0.15, 0.2) is 0 Å². The van der Waals surface area contributed by atoms with Crippen LogP contribution in [0.25, 0.3) is 0 Å². The third kappa shape index (κ3) is 8.90. The fourth-order valence-corrected chi connectivity index (χ4v) is 0.0544. The van der Waals surface area contributed by atoms with Gasteiger partial charge in [0.25, 0.3) is 0 Å². The first-order valence-corrected chi connectivity index (χ1v) is 1.10. The van der Waals surface area contributed by atoms with Crippen molar-refractivity contribution in [3.05, 3.63) is 20.2 Å². The van der Waals surface area contributed by atoms with Gasteiger partial charge in [0.15, 0.2) is 0 Å². The van der Waals surface area contributed by atoms with E-state index in [9.17, 15) is 0 Å². The van der Waals surface area contributed by atoms with Gasteiger partial charge in [0.05, 0.1) is 0 Å². The van der Waals surface area contributed by atoms with Crippen molar-refractivity contribution in [2.45, 2.75) is 0 Å². The molecule has 0 heterocycles. The van der Waals surface area contributed by atoms with E-state index in [4.69, 9.17) is 20.2 Å². The molecular weight excluding hydrogens is 139 g/mol. The molecule has 0 aromatic carbocycles. The average Bonchev–Trinajstić information content (AvgIpc) is 1.27. The van der Waals surface area contributed by atoms with Crippen LogP contribution in [0, 0.1) is 20.2 Å². The SMILES string of the molecule is O=[N+]([O-])O[N+](=O)[O-].P. The van der Waals surface area contributed by atoms with Crippen LogP contribution < -0.4 is 0 Å². The number of nitrogens with zero attached hydrogens (tertiary/aromatic N) is 2. The first kappa shape index (κ1) is 10.1. The predicted molar refractivity (Wildman–Crippen MR) is 26.2 cm³/mol. The zero-order valence-electron chi connectivity index (χ0n) is 3.64. The summed E-state index contributed by atoms with van der Waals surface area (Å²) in [6.07, 6.45) is 0. The van der Waals surface area contributed by atoms with E-state index in [1.165, 1.54) is 0 Å². The Morgan fingerprint density at radius 2 is 1.38 bits per heavy atom. The largest absolute Gasteiger partial charge is 0.356 e. The first-order valence-electron chi connectivity index (χ1n) is 1.10. The summed E-state index contributed by atoms with van der Waals surface area (Å²) in [6.45, 7) is 0. The molecule has 8 heteroatoms. The molecule has 0 spiro atoms. The first-order chi connectivity index (χ1) is 3.13. The normalized spacial score (nSPS) is 6.50. The molecule has 0 aliphatic heterocycles. The van der Waals surface area contributed by atoms with Crippen LogP contribution in [0.4, 0.5) is 0 Å². The van der Waals surface area contributed by atoms with E-state index in [0.29, 0.717) is 0 Å². The van der Waals surface area contributed by atoms with Gasteiger partial charge in [0.2, 0.25) is 0 Å². The lowest BCUT2D eigenvalue weighted by Crippen LogP contribution is -2.06. The lowest BCUT2D eigenvalue weighted by Gasteiger charge is -1.71. The van der Waals surface area contributed by atoms with Gasteiger partial charge >= 0.3 is 10.2 Å². The maximum atomic E-state index is 8.95. The molecular formula is H3N2O5P. The zero-order valence-corrected chi connectivity index (χ0v) is 5.06. The monoisotopic (exact) mass is 142 g/mol. The van der Waals surface area contributed by atoms with E-state index in [1.807, 2.05) is 0 Å². The summed E-state index contributed by atoms with van der Waals surface area (Å²) in [5.74, 6) is 0. The Hall–Kier alpha value is -0.970. The molecule has 0 aromatic heterocycles. The van der Waals surface area contributed by atoms with Crippen molar-refractivity contribution < 1.29 is 15.1 Å². The smallest absolute Gasteiger partial charge is 0.153 e. The van der Waals surface area contributed by atoms with Crippen molar-refractivity contribution in [1.29, 1.82) is 0 Å². The summed E-state index contributed by atoms with van der Waals surface area (Å²) in [7, 11) is 0. The lowest BCUT2D eigenvalue weighted by molar-refractivity contribution is -1.03. The predicted octanol–water partition coefficient (Wildman–Crippen LogP) is -0.556. The van der Waals surface area contributed by atoms with Gasteiger partial charge in [-0.25, -0.2) is 0 Å². The van der Waals surface area contributed by atoms with Crippen molar-refractivity contribution >= 4 is 9.90 Å². The van der Waals surface area contributed by atoms with E-state index in [-0.39, 0.29) is 9.90 Å². The second-order valence-electron chi connectivity index (χ2n) is 0.529. The minimum absolute atomic E-state index is 0. The van der Waals surface area contributed by atoms with E-state index in [1.54, 1.807) is 0 Å². The standard InChI is InChI=1S/N2O5.H3P/c3-1(4)7-2(5)6;/h;1H3. The average molecular weight is 142 g/mol. The molecule has 0 aliphatic carbocycles. The highest BCUT2D eigenvalue weighted by Crippen LogP contribution is 1.70. The second-order valence-corrected chi connectivity index (χ2v) is 0.529. The van der Waals surface area contributed by atoms with Gasteiger partial charge in [-0.3, -0.25) is 0 Å². The molecule has 48 valence electrons. The van der Waals surface area contributed by atoms with Crippen molar-refractivity contribution in [3.8, 4) is 0 Å². The van der Waals surface area contributed by atoms with Crippen molar-refractivity contribution in [2.75, 3.05) is 0 Å².